The first-order valence-electron chi connectivity index (χ1n) is 4.99. The number of hydrogen-bond donors (Lipinski definition) is 1. The van der Waals surface area contributed by atoms with Gasteiger partial charge in [-0.15, -0.1) is 0 Å². The molecule has 1 saturated heterocycles. The molecule has 2 amide bonds. The Morgan fingerprint density at radius 3 is 2.65 bits per heavy atom. The zero-order valence-electron chi connectivity index (χ0n) is 9.44. The monoisotopic (exact) mass is 249 g/mol. The second-order valence-corrected chi connectivity index (χ2v) is 4.60. The van der Waals surface area contributed by atoms with Gasteiger partial charge < -0.3 is 4.74 Å². The van der Waals surface area contributed by atoms with Crippen molar-refractivity contribution >= 4 is 29.0 Å². The van der Waals surface area contributed by atoms with E-state index in [0.29, 0.717) is 4.91 Å². The van der Waals surface area contributed by atoms with Crippen LogP contribution in [0.25, 0.3) is 6.08 Å². The summed E-state index contributed by atoms with van der Waals surface area (Å²) in [4.78, 5) is 22.8. The Bertz CT molecular complexity index is 522. The van der Waals surface area contributed by atoms with Crippen molar-refractivity contribution in [3.05, 3.63) is 34.2 Å². The fourth-order valence-corrected chi connectivity index (χ4v) is 2.25. The van der Waals surface area contributed by atoms with Crippen molar-refractivity contribution in [1.29, 1.82) is 0 Å². The zero-order valence-corrected chi connectivity index (χ0v) is 10.3. The molecular formula is C12H11NO3S. The molecule has 1 aromatic rings. The van der Waals surface area contributed by atoms with Crippen LogP contribution >= 0.6 is 11.8 Å². The van der Waals surface area contributed by atoms with E-state index in [9.17, 15) is 9.59 Å². The van der Waals surface area contributed by atoms with Crippen LogP contribution in [0.15, 0.2) is 23.1 Å². The van der Waals surface area contributed by atoms with Crippen LogP contribution in [0.2, 0.25) is 0 Å². The molecular weight excluding hydrogens is 238 g/mol. The molecule has 88 valence electrons. The molecule has 4 nitrogen and oxygen atoms in total. The number of benzene rings is 1. The number of methoxy groups -OCH3 is 1. The van der Waals surface area contributed by atoms with Gasteiger partial charge in [-0.1, -0.05) is 6.07 Å². The number of aryl methyl sites for hydroxylation is 1. The van der Waals surface area contributed by atoms with Crippen LogP contribution in [0.1, 0.15) is 11.1 Å². The molecule has 5 heteroatoms. The number of imide groups is 1. The minimum atomic E-state index is -0.339. The lowest BCUT2D eigenvalue weighted by atomic mass is 10.1. The highest BCUT2D eigenvalue weighted by molar-refractivity contribution is 8.18. The summed E-state index contributed by atoms with van der Waals surface area (Å²) in [7, 11) is 1.61. The van der Waals surface area contributed by atoms with Gasteiger partial charge in [-0.2, -0.15) is 0 Å². The van der Waals surface area contributed by atoms with Gasteiger partial charge in [0.15, 0.2) is 0 Å². The molecule has 0 unspecified atom stereocenters. The molecule has 0 radical (unpaired) electrons. The van der Waals surface area contributed by atoms with Crippen molar-refractivity contribution < 1.29 is 14.3 Å². The van der Waals surface area contributed by atoms with E-state index in [1.165, 1.54) is 0 Å². The van der Waals surface area contributed by atoms with Gasteiger partial charge in [-0.25, -0.2) is 0 Å². The second-order valence-electron chi connectivity index (χ2n) is 3.58. The number of hydrogen-bond acceptors (Lipinski definition) is 4. The summed E-state index contributed by atoms with van der Waals surface area (Å²) >= 11 is 0.915. The van der Waals surface area contributed by atoms with Crippen LogP contribution < -0.4 is 10.1 Å². The highest BCUT2D eigenvalue weighted by Gasteiger charge is 2.24. The van der Waals surface area contributed by atoms with E-state index in [4.69, 9.17) is 4.74 Å². The first-order valence-corrected chi connectivity index (χ1v) is 5.81. The van der Waals surface area contributed by atoms with Crippen LogP contribution in [0.4, 0.5) is 4.79 Å². The Labute approximate surface area is 103 Å². The summed E-state index contributed by atoms with van der Waals surface area (Å²) < 4.78 is 5.15. The summed E-state index contributed by atoms with van der Waals surface area (Å²) in [6.07, 6.45) is 1.69. The number of thioether (sulfide) groups is 1. The molecule has 1 N–H and O–H groups in total. The fourth-order valence-electron chi connectivity index (χ4n) is 1.56. The van der Waals surface area contributed by atoms with Gasteiger partial charge in [0.2, 0.25) is 0 Å². The predicted octanol–water partition coefficient (Wildman–Crippen LogP) is 2.33. The highest BCUT2D eigenvalue weighted by Crippen LogP contribution is 2.27. The fraction of sp³-hybridized carbons (Fsp3) is 0.167. The van der Waals surface area contributed by atoms with Gasteiger partial charge in [0.25, 0.3) is 11.1 Å². The lowest BCUT2D eigenvalue weighted by molar-refractivity contribution is -0.115. The van der Waals surface area contributed by atoms with Gasteiger partial charge in [-0.05, 0) is 48.0 Å². The Morgan fingerprint density at radius 2 is 2.12 bits per heavy atom. The third-order valence-corrected chi connectivity index (χ3v) is 3.17. The molecule has 1 heterocycles. The zero-order chi connectivity index (χ0) is 12.4. The number of carbonyl (C=O) groups is 2. The molecule has 0 saturated carbocycles. The number of nitrogens with one attached hydrogen (secondary N) is 1. The van der Waals surface area contributed by atoms with Crippen molar-refractivity contribution in [3.8, 4) is 5.75 Å². The summed E-state index contributed by atoms with van der Waals surface area (Å²) in [6.45, 7) is 1.92. The van der Waals surface area contributed by atoms with Gasteiger partial charge >= 0.3 is 0 Å². The average molecular weight is 249 g/mol. The number of rotatable bonds is 2. The third kappa shape index (κ3) is 2.50. The molecule has 0 aromatic heterocycles. The SMILES string of the molecule is COc1ccc(/C=C2\SC(=O)NC2=O)cc1C. The summed E-state index contributed by atoms with van der Waals surface area (Å²) in [5.41, 5.74) is 1.85. The Morgan fingerprint density at radius 1 is 1.35 bits per heavy atom. The predicted molar refractivity (Wildman–Crippen MR) is 66.8 cm³/mol. The summed E-state index contributed by atoms with van der Waals surface area (Å²) in [5, 5.41) is 1.89. The van der Waals surface area contributed by atoms with Gasteiger partial charge in [-0.3, -0.25) is 14.9 Å². The van der Waals surface area contributed by atoms with E-state index in [-0.39, 0.29) is 11.1 Å². The lowest BCUT2D eigenvalue weighted by Crippen LogP contribution is -2.17. The molecule has 1 aliphatic heterocycles. The average Bonchev–Trinajstić information content (AvgIpc) is 2.58. The maximum Gasteiger partial charge on any atom is 0.290 e. The lowest BCUT2D eigenvalue weighted by Gasteiger charge is -2.04. The number of carbonyl (C=O) groups excluding carboxylic acids is 2. The van der Waals surface area contributed by atoms with Crippen LogP contribution in [0.5, 0.6) is 5.75 Å². The Kier molecular flexibility index (Phi) is 3.19. The molecule has 0 aliphatic carbocycles. The normalized spacial score (nSPS) is 17.4. The van der Waals surface area contributed by atoms with Crippen molar-refractivity contribution in [2.45, 2.75) is 6.92 Å². The highest BCUT2D eigenvalue weighted by atomic mass is 32.2. The minimum Gasteiger partial charge on any atom is -0.496 e. The molecule has 2 rings (SSSR count). The first kappa shape index (κ1) is 11.7. The molecule has 1 aromatic carbocycles. The van der Waals surface area contributed by atoms with Crippen LogP contribution in [0.3, 0.4) is 0 Å². The van der Waals surface area contributed by atoms with E-state index >= 15 is 0 Å². The first-order chi connectivity index (χ1) is 8.10. The molecule has 17 heavy (non-hydrogen) atoms. The molecule has 0 spiro atoms. The van der Waals surface area contributed by atoms with Crippen LogP contribution in [-0.2, 0) is 4.79 Å². The van der Waals surface area contributed by atoms with Crippen molar-refractivity contribution in [3.63, 3.8) is 0 Å². The van der Waals surface area contributed by atoms with Crippen LogP contribution in [-0.4, -0.2) is 18.3 Å². The van der Waals surface area contributed by atoms with Gasteiger partial charge in [0.1, 0.15) is 5.75 Å². The van der Waals surface area contributed by atoms with Gasteiger partial charge in [0, 0.05) is 0 Å². The van der Waals surface area contributed by atoms with E-state index in [0.717, 1.165) is 28.6 Å². The van der Waals surface area contributed by atoms with E-state index < -0.39 is 0 Å². The minimum absolute atomic E-state index is 0.327. The summed E-state index contributed by atoms with van der Waals surface area (Å²) in [6, 6.07) is 5.58. The molecule has 1 aliphatic rings. The largest absolute Gasteiger partial charge is 0.496 e. The van der Waals surface area contributed by atoms with Crippen molar-refractivity contribution in [1.82, 2.24) is 5.32 Å². The van der Waals surface area contributed by atoms with Crippen molar-refractivity contribution in [2.75, 3.05) is 7.11 Å². The van der Waals surface area contributed by atoms with E-state index in [1.807, 2.05) is 25.1 Å². The van der Waals surface area contributed by atoms with Crippen LogP contribution in [0, 0.1) is 6.92 Å². The molecule has 0 bridgehead atoms. The maximum absolute atomic E-state index is 11.4. The molecule has 0 atom stereocenters. The Balaban J connectivity index is 2.30. The summed E-state index contributed by atoms with van der Waals surface area (Å²) in [5.74, 6) is 0.459. The Hall–Kier alpha value is -1.75. The smallest absolute Gasteiger partial charge is 0.290 e. The van der Waals surface area contributed by atoms with E-state index in [1.54, 1.807) is 13.2 Å². The number of ether oxygens (including phenoxy) is 1. The maximum atomic E-state index is 11.4. The number of amides is 2. The quantitative estimate of drug-likeness (QED) is 0.817. The topological polar surface area (TPSA) is 55.4 Å². The van der Waals surface area contributed by atoms with Crippen molar-refractivity contribution in [2.24, 2.45) is 0 Å². The molecule has 1 fully saturated rings. The second kappa shape index (κ2) is 4.63. The van der Waals surface area contributed by atoms with Gasteiger partial charge in [0.05, 0.1) is 12.0 Å². The standard InChI is InChI=1S/C12H11NO3S/c1-7-5-8(3-4-9(7)16-2)6-10-11(14)13-12(15)17-10/h3-6H,1-2H3,(H,13,14,15)/b10-6-. The third-order valence-electron chi connectivity index (χ3n) is 2.36. The van der Waals surface area contributed by atoms with E-state index in [2.05, 4.69) is 5.32 Å².